The molecule has 0 saturated carbocycles. The first kappa shape index (κ1) is 11.4. The molecule has 15 heavy (non-hydrogen) atoms. The van der Waals surface area contributed by atoms with Crippen molar-refractivity contribution in [1.29, 1.82) is 0 Å². The van der Waals surface area contributed by atoms with Gasteiger partial charge >= 0.3 is 6.36 Å². The lowest BCUT2D eigenvalue weighted by Gasteiger charge is -2.08. The lowest BCUT2D eigenvalue weighted by Crippen LogP contribution is -2.17. The minimum Gasteiger partial charge on any atom is -0.406 e. The first-order valence-electron chi connectivity index (χ1n) is 4.03. The molecule has 1 aromatic carbocycles. The van der Waals surface area contributed by atoms with Gasteiger partial charge in [-0.25, -0.2) is 0 Å². The fraction of sp³-hybridized carbons (Fsp3) is 0.222. The number of halogens is 3. The highest BCUT2D eigenvalue weighted by molar-refractivity contribution is 5.98. The van der Waals surface area contributed by atoms with Gasteiger partial charge in [0.2, 0.25) is 0 Å². The molecule has 0 radical (unpaired) electrons. The van der Waals surface area contributed by atoms with E-state index in [1.165, 1.54) is 24.3 Å². The molecular weight excluding hydrogens is 209 g/mol. The Balaban J connectivity index is 2.82. The number of nitrogens with zero attached hydrogens (tertiary/aromatic N) is 1. The number of alkyl halides is 3. The average molecular weight is 218 g/mol. The van der Waals surface area contributed by atoms with Crippen molar-refractivity contribution in [2.75, 3.05) is 0 Å². The number of nitrogens with two attached hydrogens (primary N) is 1. The molecule has 0 saturated heterocycles. The van der Waals surface area contributed by atoms with E-state index in [1.54, 1.807) is 6.92 Å². The SMILES string of the molecule is C/C(=N\N)c1ccc(OC(F)(F)F)cc1. The molecule has 0 spiro atoms. The minimum atomic E-state index is -4.67. The predicted octanol–water partition coefficient (Wildman–Crippen LogP) is 2.27. The summed E-state index contributed by atoms with van der Waals surface area (Å²) in [5.74, 6) is 4.75. The Labute approximate surface area is 84.3 Å². The maximum Gasteiger partial charge on any atom is 0.573 e. The molecule has 1 aromatic rings. The van der Waals surface area contributed by atoms with Gasteiger partial charge in [-0.1, -0.05) is 0 Å². The molecule has 0 unspecified atom stereocenters. The smallest absolute Gasteiger partial charge is 0.406 e. The zero-order valence-electron chi connectivity index (χ0n) is 7.88. The molecule has 1 rings (SSSR count). The molecule has 0 aliphatic heterocycles. The molecule has 82 valence electrons. The van der Waals surface area contributed by atoms with Crippen LogP contribution in [0.15, 0.2) is 29.4 Å². The summed E-state index contributed by atoms with van der Waals surface area (Å²) in [4.78, 5) is 0. The third-order valence-corrected chi connectivity index (χ3v) is 1.70. The summed E-state index contributed by atoms with van der Waals surface area (Å²) in [5.41, 5.74) is 1.18. The van der Waals surface area contributed by atoms with E-state index in [-0.39, 0.29) is 5.75 Å². The Morgan fingerprint density at radius 3 is 2.20 bits per heavy atom. The molecule has 0 fully saturated rings. The third-order valence-electron chi connectivity index (χ3n) is 1.70. The number of hydrazone groups is 1. The fourth-order valence-corrected chi connectivity index (χ4v) is 0.972. The van der Waals surface area contributed by atoms with Gasteiger partial charge in [-0.15, -0.1) is 13.2 Å². The number of hydrogen-bond donors (Lipinski definition) is 1. The molecule has 0 atom stereocenters. The highest BCUT2D eigenvalue weighted by Crippen LogP contribution is 2.22. The summed E-state index contributed by atoms with van der Waals surface area (Å²) in [5, 5.41) is 3.42. The van der Waals surface area contributed by atoms with Gasteiger partial charge in [-0.2, -0.15) is 5.10 Å². The van der Waals surface area contributed by atoms with E-state index in [0.29, 0.717) is 11.3 Å². The molecule has 0 aromatic heterocycles. The van der Waals surface area contributed by atoms with Gasteiger partial charge < -0.3 is 10.6 Å². The van der Waals surface area contributed by atoms with Crippen molar-refractivity contribution in [2.45, 2.75) is 13.3 Å². The quantitative estimate of drug-likeness (QED) is 0.470. The molecule has 6 heteroatoms. The van der Waals surface area contributed by atoms with Gasteiger partial charge in [0.1, 0.15) is 5.75 Å². The standard InChI is InChI=1S/C9H9F3N2O/c1-6(14-13)7-2-4-8(5-3-7)15-9(10,11)12/h2-5H,13H2,1H3/b14-6+. The Hall–Kier alpha value is -1.72. The molecular formula is C9H9F3N2O. The summed E-state index contributed by atoms with van der Waals surface area (Å²) < 4.78 is 39.1. The molecule has 0 aliphatic rings. The molecule has 0 heterocycles. The lowest BCUT2D eigenvalue weighted by molar-refractivity contribution is -0.274. The third kappa shape index (κ3) is 3.49. The van der Waals surface area contributed by atoms with E-state index in [0.717, 1.165) is 0 Å². The first-order chi connectivity index (χ1) is 6.92. The second-order valence-corrected chi connectivity index (χ2v) is 2.79. The van der Waals surface area contributed by atoms with Crippen LogP contribution in [0.1, 0.15) is 12.5 Å². The molecule has 3 nitrogen and oxygen atoms in total. The number of rotatable bonds is 2. The highest BCUT2D eigenvalue weighted by atomic mass is 19.4. The molecule has 2 N–H and O–H groups in total. The lowest BCUT2D eigenvalue weighted by atomic mass is 10.1. The zero-order valence-corrected chi connectivity index (χ0v) is 7.88. The van der Waals surface area contributed by atoms with Crippen LogP contribution in [0, 0.1) is 0 Å². The van der Waals surface area contributed by atoms with Crippen molar-refractivity contribution < 1.29 is 17.9 Å². The number of ether oxygens (including phenoxy) is 1. The van der Waals surface area contributed by atoms with Crippen LogP contribution >= 0.6 is 0 Å². The van der Waals surface area contributed by atoms with Crippen LogP contribution in [-0.4, -0.2) is 12.1 Å². The normalized spacial score (nSPS) is 12.7. The summed E-state index contributed by atoms with van der Waals surface area (Å²) >= 11 is 0. The summed E-state index contributed by atoms with van der Waals surface area (Å²) in [7, 11) is 0. The predicted molar refractivity (Wildman–Crippen MR) is 49.5 cm³/mol. The second-order valence-electron chi connectivity index (χ2n) is 2.79. The minimum absolute atomic E-state index is 0.268. The summed E-state index contributed by atoms with van der Waals surface area (Å²) in [6, 6.07) is 5.31. The Kier molecular flexibility index (Phi) is 3.18. The summed E-state index contributed by atoms with van der Waals surface area (Å²) in [6.45, 7) is 1.65. The van der Waals surface area contributed by atoms with Crippen molar-refractivity contribution in [1.82, 2.24) is 0 Å². The average Bonchev–Trinajstić information content (AvgIpc) is 2.15. The maximum absolute atomic E-state index is 11.8. The number of benzene rings is 1. The van der Waals surface area contributed by atoms with Crippen molar-refractivity contribution >= 4 is 5.71 Å². The van der Waals surface area contributed by atoms with Gasteiger partial charge in [0.25, 0.3) is 0 Å². The second kappa shape index (κ2) is 4.20. The first-order valence-corrected chi connectivity index (χ1v) is 4.03. The van der Waals surface area contributed by atoms with Crippen LogP contribution in [0.2, 0.25) is 0 Å². The fourth-order valence-electron chi connectivity index (χ4n) is 0.972. The van der Waals surface area contributed by atoms with E-state index >= 15 is 0 Å². The van der Waals surface area contributed by atoms with Gasteiger partial charge in [0.15, 0.2) is 0 Å². The van der Waals surface area contributed by atoms with E-state index in [1.807, 2.05) is 0 Å². The van der Waals surface area contributed by atoms with Gasteiger partial charge in [0.05, 0.1) is 5.71 Å². The molecule has 0 bridgehead atoms. The van der Waals surface area contributed by atoms with E-state index in [9.17, 15) is 13.2 Å². The van der Waals surface area contributed by atoms with E-state index < -0.39 is 6.36 Å². The Morgan fingerprint density at radius 1 is 1.27 bits per heavy atom. The van der Waals surface area contributed by atoms with Gasteiger partial charge in [-0.3, -0.25) is 0 Å². The molecule has 0 aliphatic carbocycles. The van der Waals surface area contributed by atoms with E-state index in [4.69, 9.17) is 5.84 Å². The van der Waals surface area contributed by atoms with Crippen LogP contribution in [0.3, 0.4) is 0 Å². The number of hydrogen-bond acceptors (Lipinski definition) is 3. The van der Waals surface area contributed by atoms with Crippen molar-refractivity contribution in [3.63, 3.8) is 0 Å². The van der Waals surface area contributed by atoms with Crippen molar-refractivity contribution in [3.05, 3.63) is 29.8 Å². The summed E-state index contributed by atoms with van der Waals surface area (Å²) in [6.07, 6.45) is -4.67. The largest absolute Gasteiger partial charge is 0.573 e. The van der Waals surface area contributed by atoms with Crippen LogP contribution < -0.4 is 10.6 Å². The van der Waals surface area contributed by atoms with Crippen LogP contribution in [0.5, 0.6) is 5.75 Å². The van der Waals surface area contributed by atoms with Crippen molar-refractivity contribution in [2.24, 2.45) is 10.9 Å². The van der Waals surface area contributed by atoms with Crippen LogP contribution in [0.4, 0.5) is 13.2 Å². The Bertz CT molecular complexity index is 357. The van der Waals surface area contributed by atoms with Crippen LogP contribution in [-0.2, 0) is 0 Å². The van der Waals surface area contributed by atoms with Crippen LogP contribution in [0.25, 0.3) is 0 Å². The van der Waals surface area contributed by atoms with E-state index in [2.05, 4.69) is 9.84 Å². The maximum atomic E-state index is 11.8. The Morgan fingerprint density at radius 2 is 1.80 bits per heavy atom. The topological polar surface area (TPSA) is 47.6 Å². The zero-order chi connectivity index (χ0) is 11.5. The van der Waals surface area contributed by atoms with Crippen molar-refractivity contribution in [3.8, 4) is 5.75 Å². The van der Waals surface area contributed by atoms with Gasteiger partial charge in [0, 0.05) is 0 Å². The van der Waals surface area contributed by atoms with Gasteiger partial charge in [-0.05, 0) is 36.8 Å². The highest BCUT2D eigenvalue weighted by Gasteiger charge is 2.30. The monoisotopic (exact) mass is 218 g/mol. The molecule has 0 amide bonds.